The minimum absolute atomic E-state index is 0.191. The van der Waals surface area contributed by atoms with Crippen LogP contribution in [0.25, 0.3) is 0 Å². The first-order valence-electron chi connectivity index (χ1n) is 6.08. The largest absolute Gasteiger partial charge is 0.379 e. The molecule has 0 aliphatic rings. The van der Waals surface area contributed by atoms with Crippen LogP contribution in [0.4, 0.5) is 17.6 Å². The number of nitrogens with zero attached hydrogens (tertiary/aromatic N) is 2. The number of nitrogens with one attached hydrogen (secondary N) is 2. The lowest BCUT2D eigenvalue weighted by atomic mass is 10.3. The van der Waals surface area contributed by atoms with Crippen LogP contribution in [0.15, 0.2) is 6.07 Å². The minimum atomic E-state index is 0.191. The summed E-state index contributed by atoms with van der Waals surface area (Å²) in [5, 5.41) is 3.17. The van der Waals surface area contributed by atoms with E-state index >= 15 is 0 Å². The molecule has 0 aliphatic carbocycles. The fourth-order valence-corrected chi connectivity index (χ4v) is 1.39. The van der Waals surface area contributed by atoms with Gasteiger partial charge in [-0.3, -0.25) is 0 Å². The average molecular weight is 254 g/mol. The number of ether oxygens (including phenoxy) is 1. The third kappa shape index (κ3) is 5.65. The smallest absolute Gasteiger partial charge is 0.223 e. The van der Waals surface area contributed by atoms with Gasteiger partial charge in [0.25, 0.3) is 0 Å². The van der Waals surface area contributed by atoms with Gasteiger partial charge in [-0.05, 0) is 26.7 Å². The number of nitrogen functional groups attached to an aromatic ring is 2. The summed E-state index contributed by atoms with van der Waals surface area (Å²) in [6.07, 6.45) is 2.30. The fraction of sp³-hybridized carbons (Fsp3) is 0.636. The standard InChI is InChI=1S/C11H22N6O/c1-8(2)18-6-4-3-5-14-9-7-10(17-13)16-11(12)15-9/h7-8H,3-6,13H2,1-2H3,(H4,12,14,15,16,17). The van der Waals surface area contributed by atoms with Gasteiger partial charge >= 0.3 is 0 Å². The second-order valence-corrected chi connectivity index (χ2v) is 4.19. The van der Waals surface area contributed by atoms with Gasteiger partial charge in [-0.25, -0.2) is 5.84 Å². The van der Waals surface area contributed by atoms with E-state index in [4.69, 9.17) is 16.3 Å². The predicted molar refractivity (Wildman–Crippen MR) is 73.1 cm³/mol. The molecule has 1 aromatic heterocycles. The second-order valence-electron chi connectivity index (χ2n) is 4.19. The van der Waals surface area contributed by atoms with Crippen molar-refractivity contribution in [3.8, 4) is 0 Å². The lowest BCUT2D eigenvalue weighted by Crippen LogP contribution is -2.12. The number of hydrogen-bond donors (Lipinski definition) is 4. The van der Waals surface area contributed by atoms with E-state index in [1.807, 2.05) is 13.8 Å². The normalized spacial score (nSPS) is 10.7. The zero-order valence-electron chi connectivity index (χ0n) is 10.9. The number of nitrogens with two attached hydrogens (primary N) is 2. The van der Waals surface area contributed by atoms with Crippen LogP contribution in [-0.2, 0) is 4.74 Å². The fourth-order valence-electron chi connectivity index (χ4n) is 1.39. The third-order valence-electron chi connectivity index (χ3n) is 2.22. The molecule has 102 valence electrons. The second kappa shape index (κ2) is 7.67. The molecule has 7 heteroatoms. The predicted octanol–water partition coefficient (Wildman–Crippen LogP) is 0.961. The van der Waals surface area contributed by atoms with Crippen molar-refractivity contribution in [2.45, 2.75) is 32.8 Å². The summed E-state index contributed by atoms with van der Waals surface area (Å²) in [6, 6.07) is 1.71. The highest BCUT2D eigenvalue weighted by Gasteiger charge is 2.00. The number of rotatable bonds is 8. The summed E-state index contributed by atoms with van der Waals surface area (Å²) in [6.45, 7) is 5.65. The molecule has 0 fully saturated rings. The van der Waals surface area contributed by atoms with Crippen LogP contribution >= 0.6 is 0 Å². The quantitative estimate of drug-likeness (QED) is 0.310. The van der Waals surface area contributed by atoms with Crippen LogP contribution in [-0.4, -0.2) is 29.2 Å². The Kier molecular flexibility index (Phi) is 6.16. The van der Waals surface area contributed by atoms with Gasteiger partial charge < -0.3 is 21.2 Å². The molecule has 0 unspecified atom stereocenters. The number of aromatic nitrogens is 2. The highest BCUT2D eigenvalue weighted by atomic mass is 16.5. The van der Waals surface area contributed by atoms with Gasteiger partial charge in [-0.15, -0.1) is 0 Å². The zero-order chi connectivity index (χ0) is 13.4. The van der Waals surface area contributed by atoms with Gasteiger partial charge in [0, 0.05) is 19.2 Å². The molecule has 0 bridgehead atoms. The Hall–Kier alpha value is -1.60. The Morgan fingerprint density at radius 1 is 1.28 bits per heavy atom. The van der Waals surface area contributed by atoms with E-state index in [2.05, 4.69) is 20.7 Å². The molecule has 0 aliphatic heterocycles. The van der Waals surface area contributed by atoms with Gasteiger partial charge in [0.15, 0.2) is 0 Å². The molecule has 1 heterocycles. The molecular formula is C11H22N6O. The molecule has 0 atom stereocenters. The third-order valence-corrected chi connectivity index (χ3v) is 2.22. The first kappa shape index (κ1) is 14.5. The van der Waals surface area contributed by atoms with Crippen LogP contribution in [0.3, 0.4) is 0 Å². The summed E-state index contributed by atoms with van der Waals surface area (Å²) in [5.41, 5.74) is 7.98. The van der Waals surface area contributed by atoms with Crippen molar-refractivity contribution in [2.75, 3.05) is 29.6 Å². The van der Waals surface area contributed by atoms with Crippen molar-refractivity contribution in [3.63, 3.8) is 0 Å². The van der Waals surface area contributed by atoms with E-state index in [1.54, 1.807) is 6.07 Å². The minimum Gasteiger partial charge on any atom is -0.379 e. The van der Waals surface area contributed by atoms with Gasteiger partial charge in [-0.1, -0.05) is 0 Å². The Morgan fingerprint density at radius 2 is 2.00 bits per heavy atom. The SMILES string of the molecule is CC(C)OCCCCNc1cc(NN)nc(N)n1. The highest BCUT2D eigenvalue weighted by molar-refractivity contribution is 5.50. The molecule has 7 nitrogen and oxygen atoms in total. The number of hydrazine groups is 1. The summed E-state index contributed by atoms with van der Waals surface area (Å²) in [4.78, 5) is 7.96. The lowest BCUT2D eigenvalue weighted by Gasteiger charge is -2.09. The first-order valence-corrected chi connectivity index (χ1v) is 6.08. The molecule has 0 saturated heterocycles. The van der Waals surface area contributed by atoms with E-state index in [9.17, 15) is 0 Å². The van der Waals surface area contributed by atoms with Crippen LogP contribution in [0, 0.1) is 0 Å². The average Bonchev–Trinajstić information content (AvgIpc) is 2.32. The van der Waals surface area contributed by atoms with Crippen molar-refractivity contribution in [2.24, 2.45) is 5.84 Å². The van der Waals surface area contributed by atoms with Gasteiger partial charge in [0.2, 0.25) is 5.95 Å². The lowest BCUT2D eigenvalue weighted by molar-refractivity contribution is 0.0765. The number of unbranched alkanes of at least 4 members (excludes halogenated alkanes) is 1. The number of hydrogen-bond acceptors (Lipinski definition) is 7. The monoisotopic (exact) mass is 254 g/mol. The maximum atomic E-state index is 5.54. The highest BCUT2D eigenvalue weighted by Crippen LogP contribution is 2.11. The van der Waals surface area contributed by atoms with Crippen LogP contribution in [0.2, 0.25) is 0 Å². The molecule has 0 saturated carbocycles. The van der Waals surface area contributed by atoms with Gasteiger partial charge in [0.05, 0.1) is 6.10 Å². The zero-order valence-corrected chi connectivity index (χ0v) is 10.9. The summed E-state index contributed by atoms with van der Waals surface area (Å²) in [5.74, 6) is 6.62. The Bertz CT molecular complexity index is 357. The molecular weight excluding hydrogens is 232 g/mol. The molecule has 18 heavy (non-hydrogen) atoms. The maximum Gasteiger partial charge on any atom is 0.223 e. The molecule has 1 aromatic rings. The molecule has 0 aromatic carbocycles. The summed E-state index contributed by atoms with van der Waals surface area (Å²) in [7, 11) is 0. The van der Waals surface area contributed by atoms with Crippen molar-refractivity contribution in [1.82, 2.24) is 9.97 Å². The van der Waals surface area contributed by atoms with E-state index < -0.39 is 0 Å². The van der Waals surface area contributed by atoms with Crippen molar-refractivity contribution < 1.29 is 4.74 Å². The molecule has 0 spiro atoms. The topological polar surface area (TPSA) is 111 Å². The number of anilines is 3. The van der Waals surface area contributed by atoms with Crippen molar-refractivity contribution >= 4 is 17.6 Å². The molecule has 0 amide bonds. The molecule has 0 radical (unpaired) electrons. The van der Waals surface area contributed by atoms with Gasteiger partial charge in [-0.2, -0.15) is 9.97 Å². The summed E-state index contributed by atoms with van der Waals surface area (Å²) >= 11 is 0. The Morgan fingerprint density at radius 3 is 2.67 bits per heavy atom. The Labute approximate surface area is 107 Å². The van der Waals surface area contributed by atoms with Gasteiger partial charge in [0.1, 0.15) is 11.6 Å². The van der Waals surface area contributed by atoms with E-state index in [0.717, 1.165) is 26.0 Å². The van der Waals surface area contributed by atoms with Crippen molar-refractivity contribution in [3.05, 3.63) is 6.07 Å². The van der Waals surface area contributed by atoms with E-state index in [0.29, 0.717) is 11.6 Å². The van der Waals surface area contributed by atoms with E-state index in [-0.39, 0.29) is 12.1 Å². The summed E-state index contributed by atoms with van der Waals surface area (Å²) < 4.78 is 5.45. The molecule has 1 rings (SSSR count). The van der Waals surface area contributed by atoms with Crippen molar-refractivity contribution in [1.29, 1.82) is 0 Å². The van der Waals surface area contributed by atoms with Crippen LogP contribution < -0.4 is 22.3 Å². The first-order chi connectivity index (χ1) is 8.61. The van der Waals surface area contributed by atoms with Crippen LogP contribution in [0.5, 0.6) is 0 Å². The molecule has 6 N–H and O–H groups in total. The maximum absolute atomic E-state index is 5.54. The van der Waals surface area contributed by atoms with E-state index in [1.165, 1.54) is 0 Å². The van der Waals surface area contributed by atoms with Crippen LogP contribution in [0.1, 0.15) is 26.7 Å². The Balaban J connectivity index is 2.24.